The van der Waals surface area contributed by atoms with E-state index in [9.17, 15) is 9.59 Å². The fourth-order valence-corrected chi connectivity index (χ4v) is 4.41. The van der Waals surface area contributed by atoms with Crippen LogP contribution in [0.3, 0.4) is 0 Å². The summed E-state index contributed by atoms with van der Waals surface area (Å²) in [4.78, 5) is 35.1. The van der Waals surface area contributed by atoms with Crippen molar-refractivity contribution in [1.29, 1.82) is 0 Å². The number of amidine groups is 1. The molecule has 0 aliphatic carbocycles. The van der Waals surface area contributed by atoms with Crippen LogP contribution in [0.5, 0.6) is 0 Å². The average Bonchev–Trinajstić information content (AvgIpc) is 3.03. The summed E-state index contributed by atoms with van der Waals surface area (Å²) in [6.07, 6.45) is -1.17. The SMILES string of the molecule is Cc1ccccc1N(c1ccccc1C)C(N=C1C(=O)N(c2ccccc2)C(=O)N1C)C(Cl)(Cl)Cl. The number of likely N-dealkylation sites (N-methyl/N-ethyl adjacent to an activating group) is 1. The third-order valence-corrected chi connectivity index (χ3v) is 6.32. The third-order valence-electron chi connectivity index (χ3n) is 5.74. The van der Waals surface area contributed by atoms with Gasteiger partial charge in [-0.1, -0.05) is 89.4 Å². The maximum atomic E-state index is 13.4. The Labute approximate surface area is 219 Å². The third kappa shape index (κ3) is 4.87. The van der Waals surface area contributed by atoms with Crippen LogP contribution in [0.2, 0.25) is 0 Å². The number of benzene rings is 3. The molecule has 35 heavy (non-hydrogen) atoms. The molecule has 0 radical (unpaired) electrons. The first kappa shape index (κ1) is 25.0. The lowest BCUT2D eigenvalue weighted by Crippen LogP contribution is -2.43. The number of aliphatic imine (C=N–C) groups is 1. The minimum absolute atomic E-state index is 0.123. The fraction of sp³-hybridized carbons (Fsp3) is 0.192. The van der Waals surface area contributed by atoms with Crippen LogP contribution in [0.4, 0.5) is 21.9 Å². The van der Waals surface area contributed by atoms with Crippen LogP contribution in [0.15, 0.2) is 83.9 Å². The van der Waals surface area contributed by atoms with E-state index in [2.05, 4.69) is 4.99 Å². The van der Waals surface area contributed by atoms with E-state index in [1.54, 1.807) is 35.2 Å². The Balaban J connectivity index is 1.90. The van der Waals surface area contributed by atoms with Gasteiger partial charge < -0.3 is 4.90 Å². The van der Waals surface area contributed by atoms with Crippen molar-refractivity contribution < 1.29 is 9.59 Å². The monoisotopic (exact) mass is 528 g/mol. The molecule has 180 valence electrons. The molecule has 4 rings (SSSR count). The summed E-state index contributed by atoms with van der Waals surface area (Å²) in [7, 11) is 1.48. The van der Waals surface area contributed by atoms with Gasteiger partial charge in [0, 0.05) is 18.4 Å². The van der Waals surface area contributed by atoms with Crippen LogP contribution in [0.1, 0.15) is 11.1 Å². The number of nitrogens with zero attached hydrogens (tertiary/aromatic N) is 4. The predicted octanol–water partition coefficient (Wildman–Crippen LogP) is 6.63. The molecule has 9 heteroatoms. The molecule has 0 bridgehead atoms. The number of hydrogen-bond acceptors (Lipinski definition) is 4. The number of carbonyl (C=O) groups is 2. The standard InChI is InChI=1S/C26H23Cl3N4O2/c1-17-11-7-9-15-20(17)33(21-16-10-8-12-18(21)2)24(26(27,28)29)30-22-23(34)32(25(35)31(22)3)19-13-5-4-6-14-19/h4-16,24H,1-3H3. The highest BCUT2D eigenvalue weighted by Crippen LogP contribution is 2.42. The second-order valence-corrected chi connectivity index (χ2v) is 10.5. The van der Waals surface area contributed by atoms with E-state index >= 15 is 0 Å². The van der Waals surface area contributed by atoms with Gasteiger partial charge in [-0.3, -0.25) is 9.69 Å². The van der Waals surface area contributed by atoms with Gasteiger partial charge in [-0.25, -0.2) is 14.7 Å². The van der Waals surface area contributed by atoms with Gasteiger partial charge in [0.15, 0.2) is 6.17 Å². The minimum atomic E-state index is -1.96. The number of anilines is 3. The van der Waals surface area contributed by atoms with E-state index in [-0.39, 0.29) is 5.84 Å². The summed E-state index contributed by atoms with van der Waals surface area (Å²) in [5, 5.41) is 0. The molecule has 1 atom stereocenters. The van der Waals surface area contributed by atoms with Crippen LogP contribution in [-0.4, -0.2) is 39.7 Å². The van der Waals surface area contributed by atoms with Gasteiger partial charge in [-0.2, -0.15) is 0 Å². The number of carbonyl (C=O) groups excluding carboxylic acids is 2. The molecule has 1 unspecified atom stereocenters. The summed E-state index contributed by atoms with van der Waals surface area (Å²) >= 11 is 19.5. The molecule has 1 fully saturated rings. The molecule has 6 nitrogen and oxygen atoms in total. The highest BCUT2D eigenvalue weighted by Gasteiger charge is 2.45. The summed E-state index contributed by atoms with van der Waals surface area (Å²) in [5.41, 5.74) is 3.77. The van der Waals surface area contributed by atoms with Crippen molar-refractivity contribution in [2.24, 2.45) is 4.99 Å². The Morgan fingerprint density at radius 1 is 0.800 bits per heavy atom. The van der Waals surface area contributed by atoms with Gasteiger partial charge in [0.05, 0.1) is 5.69 Å². The minimum Gasteiger partial charge on any atom is -0.314 e. The lowest BCUT2D eigenvalue weighted by atomic mass is 10.1. The topological polar surface area (TPSA) is 56.2 Å². The zero-order valence-electron chi connectivity index (χ0n) is 19.3. The number of rotatable bonds is 5. The number of aryl methyl sites for hydroxylation is 2. The maximum Gasteiger partial charge on any atom is 0.337 e. The number of amides is 3. The van der Waals surface area contributed by atoms with Gasteiger partial charge >= 0.3 is 11.9 Å². The normalized spacial score (nSPS) is 16.2. The highest BCUT2D eigenvalue weighted by molar-refractivity contribution is 6.68. The van der Waals surface area contributed by atoms with Crippen LogP contribution >= 0.6 is 34.8 Å². The highest BCUT2D eigenvalue weighted by atomic mass is 35.6. The van der Waals surface area contributed by atoms with Crippen molar-refractivity contribution >= 4 is 69.6 Å². The molecule has 0 N–H and O–H groups in total. The van der Waals surface area contributed by atoms with E-state index in [0.29, 0.717) is 5.69 Å². The Morgan fingerprint density at radius 2 is 1.29 bits per heavy atom. The van der Waals surface area contributed by atoms with Crippen molar-refractivity contribution in [2.45, 2.75) is 23.8 Å². The number of urea groups is 1. The molecule has 1 aliphatic heterocycles. The Bertz CT molecular complexity index is 1250. The average molecular weight is 530 g/mol. The molecule has 1 saturated heterocycles. The molecule has 0 aromatic heterocycles. The molecule has 3 aromatic rings. The molecule has 3 aromatic carbocycles. The van der Waals surface area contributed by atoms with Crippen molar-refractivity contribution in [2.75, 3.05) is 16.8 Å². The van der Waals surface area contributed by atoms with Crippen LogP contribution in [0, 0.1) is 13.8 Å². The second-order valence-electron chi connectivity index (χ2n) is 8.13. The number of halogens is 3. The summed E-state index contributed by atoms with van der Waals surface area (Å²) in [5.74, 6) is -0.722. The first-order valence-corrected chi connectivity index (χ1v) is 12.0. The van der Waals surface area contributed by atoms with Crippen molar-refractivity contribution in [3.05, 3.63) is 90.0 Å². The summed E-state index contributed by atoms with van der Waals surface area (Å²) < 4.78 is -1.96. The number of imide groups is 1. The van der Waals surface area contributed by atoms with Crippen molar-refractivity contribution in [3.63, 3.8) is 0 Å². The zero-order valence-corrected chi connectivity index (χ0v) is 21.6. The van der Waals surface area contributed by atoms with Gasteiger partial charge in [0.25, 0.3) is 0 Å². The Morgan fingerprint density at radius 3 is 1.77 bits per heavy atom. The molecule has 1 heterocycles. The number of para-hydroxylation sites is 3. The molecule has 0 spiro atoms. The number of hydrogen-bond donors (Lipinski definition) is 0. The van der Waals surface area contributed by atoms with E-state index in [1.165, 1.54) is 11.9 Å². The number of alkyl halides is 3. The van der Waals surface area contributed by atoms with Crippen LogP contribution in [0.25, 0.3) is 0 Å². The Kier molecular flexibility index (Phi) is 7.08. The van der Waals surface area contributed by atoms with Gasteiger partial charge in [-0.15, -0.1) is 0 Å². The molecular formula is C26H23Cl3N4O2. The van der Waals surface area contributed by atoms with E-state index < -0.39 is 21.9 Å². The smallest absolute Gasteiger partial charge is 0.314 e. The van der Waals surface area contributed by atoms with Crippen molar-refractivity contribution in [3.8, 4) is 0 Å². The van der Waals surface area contributed by atoms with E-state index in [1.807, 2.05) is 62.4 Å². The van der Waals surface area contributed by atoms with Gasteiger partial charge in [0.2, 0.25) is 9.63 Å². The second kappa shape index (κ2) is 9.90. The van der Waals surface area contributed by atoms with Crippen LogP contribution < -0.4 is 9.80 Å². The van der Waals surface area contributed by atoms with E-state index in [0.717, 1.165) is 27.4 Å². The molecule has 0 saturated carbocycles. The van der Waals surface area contributed by atoms with Crippen molar-refractivity contribution in [1.82, 2.24) is 4.90 Å². The molecular weight excluding hydrogens is 507 g/mol. The van der Waals surface area contributed by atoms with Gasteiger partial charge in [0.1, 0.15) is 0 Å². The quantitative estimate of drug-likeness (QED) is 0.275. The lowest BCUT2D eigenvalue weighted by Gasteiger charge is -2.37. The lowest BCUT2D eigenvalue weighted by molar-refractivity contribution is -0.111. The van der Waals surface area contributed by atoms with Gasteiger partial charge in [-0.05, 0) is 49.2 Å². The molecule has 1 aliphatic rings. The van der Waals surface area contributed by atoms with E-state index in [4.69, 9.17) is 34.8 Å². The molecule has 3 amide bonds. The fourth-order valence-electron chi connectivity index (χ4n) is 3.97. The van der Waals surface area contributed by atoms with Crippen LogP contribution in [-0.2, 0) is 4.79 Å². The summed E-state index contributed by atoms with van der Waals surface area (Å²) in [6, 6.07) is 23.3. The predicted molar refractivity (Wildman–Crippen MR) is 143 cm³/mol. The zero-order chi connectivity index (χ0) is 25.3. The maximum absolute atomic E-state index is 13.4. The first-order valence-electron chi connectivity index (χ1n) is 10.8. The Hall–Kier alpha value is -3.06. The first-order chi connectivity index (χ1) is 16.6. The largest absolute Gasteiger partial charge is 0.337 e. The summed E-state index contributed by atoms with van der Waals surface area (Å²) in [6.45, 7) is 3.88.